The molecule has 0 aliphatic carbocycles. The summed E-state index contributed by atoms with van der Waals surface area (Å²) in [4.78, 5) is 5.48. The van der Waals surface area contributed by atoms with Gasteiger partial charge in [0.05, 0.1) is 0 Å². The highest BCUT2D eigenvalue weighted by Crippen LogP contribution is 2.31. The van der Waals surface area contributed by atoms with Gasteiger partial charge in [-0.15, -0.1) is 0 Å². The van der Waals surface area contributed by atoms with Gasteiger partial charge in [0.15, 0.2) is 0 Å². The number of nitrogens with zero attached hydrogens (tertiary/aromatic N) is 2. The molecule has 0 radical (unpaired) electrons. The SMILES string of the molecule is CC(C)C1CN2CCCC2CN1C(C)(C)C. The summed E-state index contributed by atoms with van der Waals surface area (Å²) in [6.07, 6.45) is 2.82. The van der Waals surface area contributed by atoms with E-state index in [1.54, 1.807) is 0 Å². The summed E-state index contributed by atoms with van der Waals surface area (Å²) in [6, 6.07) is 1.59. The second-order valence-electron chi connectivity index (χ2n) is 6.93. The Bertz CT molecular complexity index is 242. The predicted molar refractivity (Wildman–Crippen MR) is 69.7 cm³/mol. The quantitative estimate of drug-likeness (QED) is 0.675. The van der Waals surface area contributed by atoms with E-state index >= 15 is 0 Å². The minimum absolute atomic E-state index is 0.323. The molecule has 16 heavy (non-hydrogen) atoms. The Kier molecular flexibility index (Phi) is 3.33. The molecule has 0 aromatic carbocycles. The topological polar surface area (TPSA) is 6.48 Å². The third-order valence-electron chi connectivity index (χ3n) is 4.36. The largest absolute Gasteiger partial charge is 0.298 e. The van der Waals surface area contributed by atoms with Crippen LogP contribution in [0.2, 0.25) is 0 Å². The molecule has 2 unspecified atom stereocenters. The van der Waals surface area contributed by atoms with Crippen molar-refractivity contribution < 1.29 is 0 Å². The average molecular weight is 224 g/mol. The van der Waals surface area contributed by atoms with Crippen LogP contribution in [0.15, 0.2) is 0 Å². The maximum absolute atomic E-state index is 2.75. The standard InChI is InChI=1S/C14H28N2/c1-11(2)13-10-15-8-6-7-12(15)9-16(13)14(3,4)5/h11-13H,6-10H2,1-5H3. The highest BCUT2D eigenvalue weighted by molar-refractivity contribution is 4.97. The van der Waals surface area contributed by atoms with E-state index in [0.717, 1.165) is 18.0 Å². The van der Waals surface area contributed by atoms with Crippen LogP contribution >= 0.6 is 0 Å². The molecule has 0 spiro atoms. The molecular weight excluding hydrogens is 196 g/mol. The minimum atomic E-state index is 0.323. The van der Waals surface area contributed by atoms with Gasteiger partial charge in [0, 0.05) is 30.7 Å². The first kappa shape index (κ1) is 12.4. The molecule has 2 heterocycles. The van der Waals surface area contributed by atoms with Crippen molar-refractivity contribution in [2.24, 2.45) is 5.92 Å². The molecule has 0 aromatic heterocycles. The van der Waals surface area contributed by atoms with Crippen molar-refractivity contribution >= 4 is 0 Å². The predicted octanol–water partition coefficient (Wildman–Crippen LogP) is 2.59. The number of hydrogen-bond acceptors (Lipinski definition) is 2. The number of piperazine rings is 1. The highest BCUT2D eigenvalue weighted by atomic mass is 15.3. The Morgan fingerprint density at radius 1 is 1.12 bits per heavy atom. The molecule has 2 fully saturated rings. The summed E-state index contributed by atoms with van der Waals surface area (Å²) in [5.41, 5.74) is 0.323. The van der Waals surface area contributed by atoms with Crippen LogP contribution < -0.4 is 0 Å². The summed E-state index contributed by atoms with van der Waals surface area (Å²) >= 11 is 0. The Balaban J connectivity index is 2.14. The van der Waals surface area contributed by atoms with Gasteiger partial charge in [-0.05, 0) is 46.1 Å². The second-order valence-corrected chi connectivity index (χ2v) is 6.93. The average Bonchev–Trinajstić information content (AvgIpc) is 2.60. The second kappa shape index (κ2) is 4.30. The fraction of sp³-hybridized carbons (Fsp3) is 1.00. The van der Waals surface area contributed by atoms with Crippen LogP contribution in [0.1, 0.15) is 47.5 Å². The molecular formula is C14H28N2. The van der Waals surface area contributed by atoms with Crippen LogP contribution in [-0.4, -0.2) is 47.1 Å². The Morgan fingerprint density at radius 3 is 2.38 bits per heavy atom. The molecule has 2 aliphatic rings. The first-order chi connectivity index (χ1) is 7.39. The first-order valence-electron chi connectivity index (χ1n) is 6.90. The van der Waals surface area contributed by atoms with E-state index in [-0.39, 0.29) is 0 Å². The lowest BCUT2D eigenvalue weighted by Gasteiger charge is -2.51. The molecule has 2 aliphatic heterocycles. The molecule has 2 saturated heterocycles. The van der Waals surface area contributed by atoms with Gasteiger partial charge < -0.3 is 0 Å². The van der Waals surface area contributed by atoms with Crippen LogP contribution in [0.5, 0.6) is 0 Å². The van der Waals surface area contributed by atoms with Crippen LogP contribution in [0.25, 0.3) is 0 Å². The van der Waals surface area contributed by atoms with Gasteiger partial charge in [0.2, 0.25) is 0 Å². The van der Waals surface area contributed by atoms with E-state index in [1.165, 1.54) is 32.5 Å². The molecule has 0 aromatic rings. The van der Waals surface area contributed by atoms with E-state index in [4.69, 9.17) is 0 Å². The lowest BCUT2D eigenvalue weighted by molar-refractivity contribution is -0.0259. The Labute approximate surface area is 101 Å². The van der Waals surface area contributed by atoms with Gasteiger partial charge in [-0.25, -0.2) is 0 Å². The summed E-state index contributed by atoms with van der Waals surface area (Å²) in [6.45, 7) is 15.8. The monoisotopic (exact) mass is 224 g/mol. The molecule has 94 valence electrons. The summed E-state index contributed by atoms with van der Waals surface area (Å²) < 4.78 is 0. The van der Waals surface area contributed by atoms with Crippen molar-refractivity contribution in [2.75, 3.05) is 19.6 Å². The van der Waals surface area contributed by atoms with E-state index in [2.05, 4.69) is 44.4 Å². The maximum Gasteiger partial charge on any atom is 0.0252 e. The van der Waals surface area contributed by atoms with Crippen LogP contribution in [0, 0.1) is 5.92 Å². The van der Waals surface area contributed by atoms with Crippen molar-refractivity contribution in [1.82, 2.24) is 9.80 Å². The zero-order chi connectivity index (χ0) is 11.9. The zero-order valence-electron chi connectivity index (χ0n) is 11.7. The molecule has 2 rings (SSSR count). The van der Waals surface area contributed by atoms with Crippen molar-refractivity contribution in [2.45, 2.75) is 65.1 Å². The lowest BCUT2D eigenvalue weighted by Crippen LogP contribution is -2.62. The molecule has 2 heteroatoms. The molecule has 0 saturated carbocycles. The third-order valence-corrected chi connectivity index (χ3v) is 4.36. The van der Waals surface area contributed by atoms with Gasteiger partial charge >= 0.3 is 0 Å². The van der Waals surface area contributed by atoms with Crippen molar-refractivity contribution in [3.8, 4) is 0 Å². The fourth-order valence-corrected chi connectivity index (χ4v) is 3.39. The Hall–Kier alpha value is -0.0800. The summed E-state index contributed by atoms with van der Waals surface area (Å²) in [5.74, 6) is 0.765. The first-order valence-corrected chi connectivity index (χ1v) is 6.90. The third kappa shape index (κ3) is 2.28. The van der Waals surface area contributed by atoms with E-state index < -0.39 is 0 Å². The highest BCUT2D eigenvalue weighted by Gasteiger charge is 2.41. The van der Waals surface area contributed by atoms with E-state index in [1.807, 2.05) is 0 Å². The number of hydrogen-bond donors (Lipinski definition) is 0. The van der Waals surface area contributed by atoms with Gasteiger partial charge in [-0.3, -0.25) is 9.80 Å². The Morgan fingerprint density at radius 2 is 1.81 bits per heavy atom. The fourth-order valence-electron chi connectivity index (χ4n) is 3.39. The number of rotatable bonds is 1. The van der Waals surface area contributed by atoms with Gasteiger partial charge in [-0.2, -0.15) is 0 Å². The maximum atomic E-state index is 2.75. The summed E-state index contributed by atoms with van der Waals surface area (Å²) in [7, 11) is 0. The summed E-state index contributed by atoms with van der Waals surface area (Å²) in [5, 5.41) is 0. The molecule has 0 bridgehead atoms. The van der Waals surface area contributed by atoms with Crippen molar-refractivity contribution in [1.29, 1.82) is 0 Å². The molecule has 2 nitrogen and oxygen atoms in total. The molecule has 0 amide bonds. The molecule has 2 atom stereocenters. The minimum Gasteiger partial charge on any atom is -0.298 e. The van der Waals surface area contributed by atoms with Crippen molar-refractivity contribution in [3.05, 3.63) is 0 Å². The smallest absolute Gasteiger partial charge is 0.0252 e. The van der Waals surface area contributed by atoms with Gasteiger partial charge in [-0.1, -0.05) is 13.8 Å². The zero-order valence-corrected chi connectivity index (χ0v) is 11.7. The van der Waals surface area contributed by atoms with Crippen LogP contribution in [-0.2, 0) is 0 Å². The van der Waals surface area contributed by atoms with E-state index in [9.17, 15) is 0 Å². The number of fused-ring (bicyclic) bond motifs is 1. The lowest BCUT2D eigenvalue weighted by atomic mass is 9.91. The van der Waals surface area contributed by atoms with Crippen molar-refractivity contribution in [3.63, 3.8) is 0 Å². The van der Waals surface area contributed by atoms with Crippen LogP contribution in [0.3, 0.4) is 0 Å². The van der Waals surface area contributed by atoms with Crippen LogP contribution in [0.4, 0.5) is 0 Å². The van der Waals surface area contributed by atoms with Gasteiger partial charge in [0.1, 0.15) is 0 Å². The normalized spacial score (nSPS) is 33.4. The van der Waals surface area contributed by atoms with E-state index in [0.29, 0.717) is 5.54 Å². The van der Waals surface area contributed by atoms with Gasteiger partial charge in [0.25, 0.3) is 0 Å². The molecule has 0 N–H and O–H groups in total.